The van der Waals surface area contributed by atoms with Crippen molar-refractivity contribution in [3.63, 3.8) is 0 Å². The molecule has 1 rings (SSSR count). The van der Waals surface area contributed by atoms with Gasteiger partial charge in [-0.1, -0.05) is 13.8 Å². The van der Waals surface area contributed by atoms with Crippen LogP contribution in [0.3, 0.4) is 0 Å². The van der Waals surface area contributed by atoms with Crippen molar-refractivity contribution >= 4 is 29.7 Å². The summed E-state index contributed by atoms with van der Waals surface area (Å²) >= 11 is 0. The molecule has 0 aliphatic heterocycles. The molecule has 0 heterocycles. The molecule has 1 aromatic carbocycles. The lowest BCUT2D eigenvalue weighted by Crippen LogP contribution is -2.18. The summed E-state index contributed by atoms with van der Waals surface area (Å²) in [5.41, 5.74) is 6.90. The molecule has 0 saturated carbocycles. The molecule has 3 N–H and O–H groups in total. The average molecular weight is 331 g/mol. The minimum absolute atomic E-state index is 0. The summed E-state index contributed by atoms with van der Waals surface area (Å²) in [5.74, 6) is 1.12. The number of carbonyl (C=O) groups excluding carboxylic acids is 1. The van der Waals surface area contributed by atoms with Gasteiger partial charge in [-0.25, -0.2) is 0 Å². The van der Waals surface area contributed by atoms with Gasteiger partial charge in [0.15, 0.2) is 0 Å². The summed E-state index contributed by atoms with van der Waals surface area (Å²) in [6.45, 7) is 6.73. The zero-order chi connectivity index (χ0) is 15.8. The molecule has 0 radical (unpaired) electrons. The van der Waals surface area contributed by atoms with Crippen LogP contribution < -0.4 is 15.8 Å². The number of carbonyl (C=O) groups is 1. The topological polar surface area (TPSA) is 73.6 Å². The number of amides is 1. The van der Waals surface area contributed by atoms with E-state index in [0.717, 1.165) is 6.42 Å². The van der Waals surface area contributed by atoms with Gasteiger partial charge in [-0.2, -0.15) is 0 Å². The molecular weight excluding hydrogens is 304 g/mol. The molecule has 0 fully saturated rings. The molecular formula is C16H27ClN2O3. The quantitative estimate of drug-likeness (QED) is 0.716. The standard InChI is InChI=1S/C16H26N2O3.ClH/c1-11(2)9-12(3)21-8-7-16(19)18-15-10-13(20-4)5-6-14(15)17;/h5-6,10-12H,7-9,17H2,1-4H3,(H,18,19);1H. The van der Waals surface area contributed by atoms with Gasteiger partial charge in [-0.15, -0.1) is 12.4 Å². The van der Waals surface area contributed by atoms with Crippen LogP contribution in [-0.2, 0) is 9.53 Å². The number of rotatable bonds is 8. The number of hydrogen-bond acceptors (Lipinski definition) is 4. The number of nitrogens with two attached hydrogens (primary N) is 1. The molecule has 1 unspecified atom stereocenters. The Morgan fingerprint density at radius 1 is 1.32 bits per heavy atom. The molecule has 0 aliphatic rings. The van der Waals surface area contributed by atoms with E-state index in [2.05, 4.69) is 19.2 Å². The molecule has 1 atom stereocenters. The minimum Gasteiger partial charge on any atom is -0.497 e. The summed E-state index contributed by atoms with van der Waals surface area (Å²) in [5, 5.41) is 2.78. The molecule has 0 aliphatic carbocycles. The Morgan fingerprint density at radius 3 is 2.59 bits per heavy atom. The number of nitrogen functional groups attached to an aromatic ring is 1. The molecule has 0 spiro atoms. The average Bonchev–Trinajstić information content (AvgIpc) is 2.40. The summed E-state index contributed by atoms with van der Waals surface area (Å²) in [6.07, 6.45) is 1.46. The van der Waals surface area contributed by atoms with Crippen molar-refractivity contribution in [2.45, 2.75) is 39.7 Å². The SMILES string of the molecule is COc1ccc(N)c(NC(=O)CCOC(C)CC(C)C)c1.Cl. The van der Waals surface area contributed by atoms with Crippen LogP contribution in [0.4, 0.5) is 11.4 Å². The Kier molecular flexibility index (Phi) is 9.61. The first-order valence-electron chi connectivity index (χ1n) is 7.27. The molecule has 1 amide bonds. The Hall–Kier alpha value is -1.46. The first-order valence-corrected chi connectivity index (χ1v) is 7.27. The van der Waals surface area contributed by atoms with Crippen molar-refractivity contribution in [3.8, 4) is 5.75 Å². The van der Waals surface area contributed by atoms with Crippen LogP contribution in [0.1, 0.15) is 33.6 Å². The van der Waals surface area contributed by atoms with E-state index < -0.39 is 0 Å². The van der Waals surface area contributed by atoms with E-state index >= 15 is 0 Å². The highest BCUT2D eigenvalue weighted by Gasteiger charge is 2.09. The summed E-state index contributed by atoms with van der Waals surface area (Å²) in [6, 6.07) is 5.16. The van der Waals surface area contributed by atoms with Crippen LogP contribution in [0.15, 0.2) is 18.2 Å². The molecule has 0 saturated heterocycles. The minimum atomic E-state index is -0.119. The van der Waals surface area contributed by atoms with E-state index in [0.29, 0.717) is 36.1 Å². The second-order valence-electron chi connectivity index (χ2n) is 5.56. The highest BCUT2D eigenvalue weighted by Crippen LogP contribution is 2.24. The number of benzene rings is 1. The molecule has 1 aromatic rings. The number of methoxy groups -OCH3 is 1. The van der Waals surface area contributed by atoms with Crippen molar-refractivity contribution in [3.05, 3.63) is 18.2 Å². The lowest BCUT2D eigenvalue weighted by molar-refractivity contribution is -0.117. The summed E-state index contributed by atoms with van der Waals surface area (Å²) < 4.78 is 10.7. The highest BCUT2D eigenvalue weighted by atomic mass is 35.5. The Labute approximate surface area is 139 Å². The van der Waals surface area contributed by atoms with Gasteiger partial charge in [-0.3, -0.25) is 4.79 Å². The van der Waals surface area contributed by atoms with Crippen molar-refractivity contribution in [2.24, 2.45) is 5.92 Å². The Bertz CT molecular complexity index is 467. The first-order chi connectivity index (χ1) is 9.92. The van der Waals surface area contributed by atoms with Crippen LogP contribution in [-0.4, -0.2) is 25.7 Å². The number of hydrogen-bond donors (Lipinski definition) is 2. The lowest BCUT2D eigenvalue weighted by atomic mass is 10.1. The van der Waals surface area contributed by atoms with Crippen LogP contribution >= 0.6 is 12.4 Å². The van der Waals surface area contributed by atoms with Gasteiger partial charge in [0.25, 0.3) is 0 Å². The summed E-state index contributed by atoms with van der Waals surface area (Å²) in [7, 11) is 1.57. The van der Waals surface area contributed by atoms with Crippen LogP contribution in [0.2, 0.25) is 0 Å². The van der Waals surface area contributed by atoms with Crippen LogP contribution in [0.5, 0.6) is 5.75 Å². The Morgan fingerprint density at radius 2 is 2.00 bits per heavy atom. The largest absolute Gasteiger partial charge is 0.497 e. The highest BCUT2D eigenvalue weighted by molar-refractivity contribution is 5.94. The molecule has 126 valence electrons. The molecule has 22 heavy (non-hydrogen) atoms. The zero-order valence-electron chi connectivity index (χ0n) is 13.7. The maximum absolute atomic E-state index is 11.9. The lowest BCUT2D eigenvalue weighted by Gasteiger charge is -2.15. The van der Waals surface area contributed by atoms with Gasteiger partial charge in [0.05, 0.1) is 37.6 Å². The third kappa shape index (κ3) is 7.52. The van der Waals surface area contributed by atoms with Gasteiger partial charge >= 0.3 is 0 Å². The molecule has 6 heteroatoms. The fourth-order valence-electron chi connectivity index (χ4n) is 2.07. The predicted molar refractivity (Wildman–Crippen MR) is 92.8 cm³/mol. The van der Waals surface area contributed by atoms with Gasteiger partial charge < -0.3 is 20.5 Å². The van der Waals surface area contributed by atoms with Gasteiger partial charge in [0.2, 0.25) is 5.91 Å². The monoisotopic (exact) mass is 330 g/mol. The smallest absolute Gasteiger partial charge is 0.226 e. The van der Waals surface area contributed by atoms with Gasteiger partial charge in [-0.05, 0) is 31.4 Å². The van der Waals surface area contributed by atoms with Crippen molar-refractivity contribution in [2.75, 3.05) is 24.8 Å². The van der Waals surface area contributed by atoms with E-state index in [1.165, 1.54) is 0 Å². The van der Waals surface area contributed by atoms with E-state index in [1.54, 1.807) is 25.3 Å². The van der Waals surface area contributed by atoms with Crippen molar-refractivity contribution in [1.29, 1.82) is 0 Å². The number of nitrogens with one attached hydrogen (secondary N) is 1. The zero-order valence-corrected chi connectivity index (χ0v) is 14.5. The summed E-state index contributed by atoms with van der Waals surface area (Å²) in [4.78, 5) is 11.9. The maximum atomic E-state index is 11.9. The van der Waals surface area contributed by atoms with E-state index in [1.807, 2.05) is 6.92 Å². The predicted octanol–water partition coefficient (Wildman–Crippen LogP) is 3.48. The number of halogens is 1. The molecule has 0 bridgehead atoms. The van der Waals surface area contributed by atoms with E-state index in [9.17, 15) is 4.79 Å². The second kappa shape index (κ2) is 10.3. The number of anilines is 2. The Balaban J connectivity index is 0.00000441. The third-order valence-corrected chi connectivity index (χ3v) is 3.07. The molecule has 0 aromatic heterocycles. The van der Waals surface area contributed by atoms with Crippen LogP contribution in [0, 0.1) is 5.92 Å². The number of ether oxygens (including phenoxy) is 2. The normalized spacial score (nSPS) is 11.7. The van der Waals surface area contributed by atoms with E-state index in [-0.39, 0.29) is 24.4 Å². The maximum Gasteiger partial charge on any atom is 0.226 e. The van der Waals surface area contributed by atoms with E-state index in [4.69, 9.17) is 15.2 Å². The third-order valence-electron chi connectivity index (χ3n) is 3.07. The van der Waals surface area contributed by atoms with Gasteiger partial charge in [0.1, 0.15) is 5.75 Å². The van der Waals surface area contributed by atoms with Gasteiger partial charge in [0, 0.05) is 6.07 Å². The van der Waals surface area contributed by atoms with Crippen LogP contribution in [0.25, 0.3) is 0 Å². The van der Waals surface area contributed by atoms with Crippen molar-refractivity contribution < 1.29 is 14.3 Å². The fourth-order valence-corrected chi connectivity index (χ4v) is 2.07. The first kappa shape index (κ1) is 20.5. The van der Waals surface area contributed by atoms with Crippen molar-refractivity contribution in [1.82, 2.24) is 0 Å². The fraction of sp³-hybridized carbons (Fsp3) is 0.562. The second-order valence-corrected chi connectivity index (χ2v) is 5.56. The molecule has 5 nitrogen and oxygen atoms in total.